The second-order valence-electron chi connectivity index (χ2n) is 3.75. The molecule has 0 aliphatic carbocycles. The Morgan fingerprint density at radius 1 is 1.25 bits per heavy atom. The predicted octanol–water partition coefficient (Wildman–Crippen LogP) is 1.96. The average molecular weight is 287 g/mol. The summed E-state index contributed by atoms with van der Waals surface area (Å²) in [5.74, 6) is -2.73. The normalized spacial score (nSPS) is 11.9. The minimum atomic E-state index is -4.77. The monoisotopic (exact) mass is 287 g/mol. The molecule has 0 fully saturated rings. The highest BCUT2D eigenvalue weighted by Gasteiger charge is 2.35. The summed E-state index contributed by atoms with van der Waals surface area (Å²) < 4.78 is 42.2. The number of nitrogens with one attached hydrogen (secondary N) is 1. The lowest BCUT2D eigenvalue weighted by atomic mass is 10.2. The maximum Gasteiger partial charge on any atom is 0.431 e. The SMILES string of the molecule is COC(=O)C(=O)/C=C(\NCc1ccccc1)C(F)(F)F. The van der Waals surface area contributed by atoms with Crippen molar-refractivity contribution in [3.8, 4) is 0 Å². The van der Waals surface area contributed by atoms with Gasteiger partial charge in [-0.1, -0.05) is 30.3 Å². The smallest absolute Gasteiger partial charge is 0.431 e. The van der Waals surface area contributed by atoms with Crippen LogP contribution in [0.2, 0.25) is 0 Å². The standard InChI is InChI=1S/C13H12F3NO3/c1-20-12(19)10(18)7-11(13(14,15)16)17-8-9-5-3-2-4-6-9/h2-7,17H,8H2,1H3/b11-7-. The van der Waals surface area contributed by atoms with Crippen LogP contribution in [0.1, 0.15) is 5.56 Å². The lowest BCUT2D eigenvalue weighted by molar-refractivity contribution is -0.149. The van der Waals surface area contributed by atoms with Crippen molar-refractivity contribution in [1.82, 2.24) is 5.32 Å². The first-order chi connectivity index (χ1) is 9.34. The summed E-state index contributed by atoms with van der Waals surface area (Å²) >= 11 is 0. The third kappa shape index (κ3) is 4.75. The Morgan fingerprint density at radius 2 is 1.85 bits per heavy atom. The number of methoxy groups -OCH3 is 1. The molecule has 0 unspecified atom stereocenters. The number of benzene rings is 1. The highest BCUT2D eigenvalue weighted by atomic mass is 19.4. The molecular formula is C13H12F3NO3. The van der Waals surface area contributed by atoms with Gasteiger partial charge in [0.15, 0.2) is 0 Å². The molecule has 0 aliphatic rings. The Hall–Kier alpha value is -2.31. The molecule has 0 bridgehead atoms. The Bertz CT molecular complexity index is 509. The molecule has 4 nitrogen and oxygen atoms in total. The van der Waals surface area contributed by atoms with E-state index in [9.17, 15) is 22.8 Å². The van der Waals surface area contributed by atoms with Gasteiger partial charge in [0.1, 0.15) is 5.70 Å². The molecule has 7 heteroatoms. The minimum Gasteiger partial charge on any atom is -0.463 e. The molecule has 0 atom stereocenters. The van der Waals surface area contributed by atoms with Crippen molar-refractivity contribution >= 4 is 11.8 Å². The lowest BCUT2D eigenvalue weighted by Gasteiger charge is -2.14. The predicted molar refractivity (Wildman–Crippen MR) is 64.4 cm³/mol. The van der Waals surface area contributed by atoms with Gasteiger partial charge in [-0.2, -0.15) is 13.2 Å². The zero-order valence-corrected chi connectivity index (χ0v) is 10.5. The van der Waals surface area contributed by atoms with Crippen LogP contribution < -0.4 is 5.32 Å². The zero-order valence-electron chi connectivity index (χ0n) is 10.5. The number of ether oxygens (including phenoxy) is 1. The van der Waals surface area contributed by atoms with Crippen LogP contribution in [0.15, 0.2) is 42.1 Å². The van der Waals surface area contributed by atoms with E-state index in [0.29, 0.717) is 5.56 Å². The molecule has 0 spiro atoms. The van der Waals surface area contributed by atoms with Gasteiger partial charge in [0.25, 0.3) is 5.78 Å². The number of alkyl halides is 3. The average Bonchev–Trinajstić information content (AvgIpc) is 2.42. The van der Waals surface area contributed by atoms with Gasteiger partial charge in [0, 0.05) is 12.6 Å². The van der Waals surface area contributed by atoms with Gasteiger partial charge < -0.3 is 10.1 Å². The van der Waals surface area contributed by atoms with E-state index in [2.05, 4.69) is 10.1 Å². The lowest BCUT2D eigenvalue weighted by Crippen LogP contribution is -2.28. The van der Waals surface area contributed by atoms with E-state index in [4.69, 9.17) is 0 Å². The van der Waals surface area contributed by atoms with Gasteiger partial charge in [-0.3, -0.25) is 4.79 Å². The molecule has 20 heavy (non-hydrogen) atoms. The number of allylic oxidation sites excluding steroid dienone is 1. The zero-order chi connectivity index (χ0) is 15.2. The summed E-state index contributed by atoms with van der Waals surface area (Å²) in [6, 6.07) is 8.33. The molecule has 108 valence electrons. The molecular weight excluding hydrogens is 275 g/mol. The minimum absolute atomic E-state index is 0.124. The van der Waals surface area contributed by atoms with Crippen molar-refractivity contribution in [2.45, 2.75) is 12.7 Å². The van der Waals surface area contributed by atoms with Crippen molar-refractivity contribution in [2.75, 3.05) is 7.11 Å². The molecule has 0 amide bonds. The van der Waals surface area contributed by atoms with Crippen LogP contribution in [0.25, 0.3) is 0 Å². The Kier molecular flexibility index (Phi) is 5.31. The van der Waals surface area contributed by atoms with Gasteiger partial charge in [0.05, 0.1) is 7.11 Å². The van der Waals surface area contributed by atoms with Crippen LogP contribution in [-0.2, 0) is 20.9 Å². The van der Waals surface area contributed by atoms with E-state index < -0.39 is 23.6 Å². The number of ketones is 1. The molecule has 0 aliphatic heterocycles. The van der Waals surface area contributed by atoms with E-state index in [1.165, 1.54) is 0 Å². The summed E-state index contributed by atoms with van der Waals surface area (Å²) in [4.78, 5) is 22.0. The molecule has 1 N–H and O–H groups in total. The second-order valence-corrected chi connectivity index (χ2v) is 3.75. The summed E-state index contributed by atoms with van der Waals surface area (Å²) in [6.45, 7) is -0.124. The number of rotatable bonds is 5. The molecule has 0 heterocycles. The topological polar surface area (TPSA) is 55.4 Å². The highest BCUT2D eigenvalue weighted by molar-refractivity contribution is 6.38. The van der Waals surface area contributed by atoms with Crippen LogP contribution in [-0.4, -0.2) is 25.0 Å². The van der Waals surface area contributed by atoms with Gasteiger partial charge >= 0.3 is 12.1 Å². The number of halogens is 3. The quantitative estimate of drug-likeness (QED) is 0.511. The molecule has 0 radical (unpaired) electrons. The van der Waals surface area contributed by atoms with Crippen molar-refractivity contribution in [1.29, 1.82) is 0 Å². The maximum atomic E-state index is 12.7. The van der Waals surface area contributed by atoms with E-state index in [0.717, 1.165) is 7.11 Å². The Morgan fingerprint density at radius 3 is 2.35 bits per heavy atom. The van der Waals surface area contributed by atoms with E-state index in [1.807, 2.05) is 0 Å². The molecule has 0 saturated carbocycles. The Balaban J connectivity index is 2.83. The largest absolute Gasteiger partial charge is 0.463 e. The van der Waals surface area contributed by atoms with Gasteiger partial charge in [-0.05, 0) is 5.56 Å². The van der Waals surface area contributed by atoms with Gasteiger partial charge in [-0.15, -0.1) is 0 Å². The molecule has 1 aromatic carbocycles. The van der Waals surface area contributed by atoms with Crippen LogP contribution in [0.5, 0.6) is 0 Å². The Labute approximate surface area is 113 Å². The third-order valence-electron chi connectivity index (χ3n) is 2.29. The fourth-order valence-electron chi connectivity index (χ4n) is 1.32. The first-order valence-electron chi connectivity index (χ1n) is 5.53. The van der Waals surface area contributed by atoms with Crippen LogP contribution in [0, 0.1) is 0 Å². The van der Waals surface area contributed by atoms with E-state index in [-0.39, 0.29) is 12.6 Å². The van der Waals surface area contributed by atoms with Crippen molar-refractivity contribution < 1.29 is 27.5 Å². The van der Waals surface area contributed by atoms with Crippen LogP contribution in [0.4, 0.5) is 13.2 Å². The first-order valence-corrected chi connectivity index (χ1v) is 5.53. The van der Waals surface area contributed by atoms with Crippen molar-refractivity contribution in [2.24, 2.45) is 0 Å². The highest BCUT2D eigenvalue weighted by Crippen LogP contribution is 2.23. The van der Waals surface area contributed by atoms with Crippen LogP contribution in [0.3, 0.4) is 0 Å². The molecule has 0 saturated heterocycles. The number of hydrogen-bond donors (Lipinski definition) is 1. The first kappa shape index (κ1) is 15.7. The fourth-order valence-corrected chi connectivity index (χ4v) is 1.32. The maximum absolute atomic E-state index is 12.7. The van der Waals surface area contributed by atoms with Gasteiger partial charge in [-0.25, -0.2) is 4.79 Å². The summed E-state index contributed by atoms with van der Waals surface area (Å²) in [7, 11) is 0.915. The molecule has 0 aromatic heterocycles. The van der Waals surface area contributed by atoms with Gasteiger partial charge in [0.2, 0.25) is 0 Å². The van der Waals surface area contributed by atoms with Crippen LogP contribution >= 0.6 is 0 Å². The van der Waals surface area contributed by atoms with Crippen molar-refractivity contribution in [3.05, 3.63) is 47.7 Å². The van der Waals surface area contributed by atoms with E-state index >= 15 is 0 Å². The number of carbonyl (C=O) groups is 2. The number of hydrogen-bond acceptors (Lipinski definition) is 4. The number of esters is 1. The molecule has 1 rings (SSSR count). The second kappa shape index (κ2) is 6.74. The third-order valence-corrected chi connectivity index (χ3v) is 2.29. The fraction of sp³-hybridized carbons (Fsp3) is 0.231. The number of carbonyl (C=O) groups excluding carboxylic acids is 2. The van der Waals surface area contributed by atoms with E-state index in [1.54, 1.807) is 30.3 Å². The van der Waals surface area contributed by atoms with Crippen molar-refractivity contribution in [3.63, 3.8) is 0 Å². The summed E-state index contributed by atoms with van der Waals surface area (Å²) in [6.07, 6.45) is -4.58. The summed E-state index contributed by atoms with van der Waals surface area (Å²) in [5, 5.41) is 2.09. The summed E-state index contributed by atoms with van der Waals surface area (Å²) in [5.41, 5.74) is -0.690. The molecule has 1 aromatic rings.